The number of carbonyl (C=O) groups is 1. The van der Waals surface area contributed by atoms with Crippen molar-refractivity contribution in [3.63, 3.8) is 0 Å². The summed E-state index contributed by atoms with van der Waals surface area (Å²) in [7, 11) is 1.48. The topological polar surface area (TPSA) is 84.1 Å². The Morgan fingerprint density at radius 1 is 1.32 bits per heavy atom. The summed E-state index contributed by atoms with van der Waals surface area (Å²) in [5.41, 5.74) is 0.948. The first-order valence-electron chi connectivity index (χ1n) is 7.24. The maximum Gasteiger partial charge on any atom is 0.269 e. The molecule has 0 atom stereocenters. The molecule has 8 heteroatoms. The second kappa shape index (κ2) is 8.17. The van der Waals surface area contributed by atoms with E-state index in [1.165, 1.54) is 17.7 Å². The summed E-state index contributed by atoms with van der Waals surface area (Å²) in [5, 5.41) is 12.5. The Morgan fingerprint density at radius 2 is 2.04 bits per heavy atom. The van der Waals surface area contributed by atoms with Crippen LogP contribution in [-0.2, 0) is 22.7 Å². The highest BCUT2D eigenvalue weighted by Crippen LogP contribution is 2.25. The highest BCUT2D eigenvalue weighted by molar-refractivity contribution is 6.42. The third-order valence-electron chi connectivity index (χ3n) is 3.51. The molecule has 6 nitrogen and oxygen atoms in total. The summed E-state index contributed by atoms with van der Waals surface area (Å²) in [4.78, 5) is 24.7. The second-order valence-electron chi connectivity index (χ2n) is 5.30. The quantitative estimate of drug-likeness (QED) is 0.864. The predicted molar refractivity (Wildman–Crippen MR) is 96.0 cm³/mol. The Balaban J connectivity index is 2.27. The molecule has 0 aliphatic carbocycles. The van der Waals surface area contributed by atoms with Gasteiger partial charge in [-0.15, -0.1) is 0 Å². The first kappa shape index (κ1) is 19.0. The fourth-order valence-electron chi connectivity index (χ4n) is 2.34. The molecule has 0 spiro atoms. The number of aromatic nitrogens is 1. The largest absolute Gasteiger partial charge is 0.380 e. The van der Waals surface area contributed by atoms with Crippen LogP contribution in [0.3, 0.4) is 0 Å². The number of methoxy groups -OCH3 is 1. The van der Waals surface area contributed by atoms with Gasteiger partial charge in [0.25, 0.3) is 5.56 Å². The number of hydrogen-bond donors (Lipinski definition) is 1. The number of hydrogen-bond acceptors (Lipinski definition) is 4. The average Bonchev–Trinajstić information content (AvgIpc) is 2.55. The number of rotatable bonds is 5. The maximum absolute atomic E-state index is 12.5. The van der Waals surface area contributed by atoms with Crippen LogP contribution in [0.15, 0.2) is 29.1 Å². The van der Waals surface area contributed by atoms with E-state index in [1.807, 2.05) is 6.07 Å². The van der Waals surface area contributed by atoms with Gasteiger partial charge in [0.15, 0.2) is 0 Å². The van der Waals surface area contributed by atoms with Gasteiger partial charge in [0.05, 0.1) is 16.7 Å². The van der Waals surface area contributed by atoms with E-state index in [4.69, 9.17) is 27.9 Å². The number of anilines is 1. The van der Waals surface area contributed by atoms with Gasteiger partial charge in [0, 0.05) is 24.1 Å². The van der Waals surface area contributed by atoms with Crippen LogP contribution in [-0.4, -0.2) is 17.6 Å². The molecule has 1 amide bonds. The molecule has 2 rings (SSSR count). The van der Waals surface area contributed by atoms with Crippen LogP contribution in [0, 0.1) is 18.3 Å². The fourth-order valence-corrected chi connectivity index (χ4v) is 2.64. The van der Waals surface area contributed by atoms with Crippen molar-refractivity contribution in [1.82, 2.24) is 4.57 Å². The Hall–Kier alpha value is -2.33. The highest BCUT2D eigenvalue weighted by atomic mass is 35.5. The molecule has 0 aliphatic heterocycles. The molecular formula is C17H15Cl2N3O3. The molecule has 0 bridgehead atoms. The molecule has 1 N–H and O–H groups in total. The van der Waals surface area contributed by atoms with Crippen LogP contribution in [0.4, 0.5) is 5.69 Å². The standard InChI is InChI=1S/C17H15Cl2N3O3/c1-10-5-11(9-25-2)13(7-20)17(24)22(10)8-16(23)21-12-3-4-14(18)15(19)6-12/h3-6H,8-9H2,1-2H3,(H,21,23). The molecule has 1 heterocycles. The number of nitriles is 1. The van der Waals surface area contributed by atoms with Crippen LogP contribution in [0.5, 0.6) is 0 Å². The van der Waals surface area contributed by atoms with E-state index in [-0.39, 0.29) is 18.7 Å². The Morgan fingerprint density at radius 3 is 2.64 bits per heavy atom. The number of nitrogens with one attached hydrogen (secondary N) is 1. The van der Waals surface area contributed by atoms with E-state index in [1.54, 1.807) is 25.1 Å². The molecule has 0 fully saturated rings. The van der Waals surface area contributed by atoms with Crippen LogP contribution in [0.2, 0.25) is 10.0 Å². The smallest absolute Gasteiger partial charge is 0.269 e. The first-order chi connectivity index (χ1) is 11.9. The zero-order valence-electron chi connectivity index (χ0n) is 13.6. The van der Waals surface area contributed by atoms with Gasteiger partial charge in [-0.05, 0) is 31.2 Å². The van der Waals surface area contributed by atoms with E-state index in [2.05, 4.69) is 5.32 Å². The fraction of sp³-hybridized carbons (Fsp3) is 0.235. The minimum absolute atomic E-state index is 0.0326. The van der Waals surface area contributed by atoms with Gasteiger partial charge in [0.1, 0.15) is 18.2 Å². The monoisotopic (exact) mass is 379 g/mol. The van der Waals surface area contributed by atoms with Crippen molar-refractivity contribution in [3.8, 4) is 6.07 Å². The number of halogens is 2. The number of nitrogens with zero attached hydrogens (tertiary/aromatic N) is 2. The Kier molecular flexibility index (Phi) is 6.21. The van der Waals surface area contributed by atoms with Crippen LogP contribution in [0.1, 0.15) is 16.8 Å². The van der Waals surface area contributed by atoms with Gasteiger partial charge in [0.2, 0.25) is 5.91 Å². The van der Waals surface area contributed by atoms with Crippen molar-refractivity contribution >= 4 is 34.8 Å². The number of amides is 1. The zero-order chi connectivity index (χ0) is 18.6. The number of carbonyl (C=O) groups excluding carboxylic acids is 1. The van der Waals surface area contributed by atoms with E-state index in [0.717, 1.165) is 0 Å². The molecule has 0 radical (unpaired) electrons. The summed E-state index contributed by atoms with van der Waals surface area (Å²) >= 11 is 11.7. The number of ether oxygens (including phenoxy) is 1. The van der Waals surface area contributed by atoms with Crippen molar-refractivity contribution in [3.05, 3.63) is 61.5 Å². The highest BCUT2D eigenvalue weighted by Gasteiger charge is 2.15. The average molecular weight is 380 g/mol. The Labute approximate surface area is 154 Å². The number of pyridine rings is 1. The predicted octanol–water partition coefficient (Wildman–Crippen LogP) is 3.12. The van der Waals surface area contributed by atoms with Gasteiger partial charge in [-0.3, -0.25) is 9.59 Å². The third kappa shape index (κ3) is 4.40. The number of benzene rings is 1. The molecule has 25 heavy (non-hydrogen) atoms. The molecule has 130 valence electrons. The lowest BCUT2D eigenvalue weighted by atomic mass is 10.1. The van der Waals surface area contributed by atoms with Gasteiger partial charge < -0.3 is 14.6 Å². The summed E-state index contributed by atoms with van der Waals surface area (Å²) in [6.07, 6.45) is 0. The summed E-state index contributed by atoms with van der Waals surface area (Å²) < 4.78 is 6.24. The van der Waals surface area contributed by atoms with E-state index in [9.17, 15) is 14.9 Å². The molecule has 0 unspecified atom stereocenters. The minimum atomic E-state index is -0.529. The summed E-state index contributed by atoms with van der Waals surface area (Å²) in [5.74, 6) is -0.424. The molecule has 1 aromatic heterocycles. The maximum atomic E-state index is 12.5. The van der Waals surface area contributed by atoms with Gasteiger partial charge >= 0.3 is 0 Å². The summed E-state index contributed by atoms with van der Waals surface area (Å²) in [6.45, 7) is 1.61. The lowest BCUT2D eigenvalue weighted by Gasteiger charge is -2.13. The van der Waals surface area contributed by atoms with Gasteiger partial charge in [-0.2, -0.15) is 5.26 Å². The van der Waals surface area contributed by atoms with Crippen molar-refractivity contribution in [2.45, 2.75) is 20.1 Å². The molecule has 0 aliphatic rings. The molecular weight excluding hydrogens is 365 g/mol. The Bertz CT molecular complexity index is 917. The van der Waals surface area contributed by atoms with Crippen LogP contribution >= 0.6 is 23.2 Å². The molecule has 0 saturated carbocycles. The van der Waals surface area contributed by atoms with E-state index in [0.29, 0.717) is 27.0 Å². The van der Waals surface area contributed by atoms with E-state index >= 15 is 0 Å². The first-order valence-corrected chi connectivity index (χ1v) is 8.00. The second-order valence-corrected chi connectivity index (χ2v) is 6.11. The lowest BCUT2D eigenvalue weighted by molar-refractivity contribution is -0.116. The van der Waals surface area contributed by atoms with E-state index < -0.39 is 11.5 Å². The van der Waals surface area contributed by atoms with Crippen LogP contribution in [0.25, 0.3) is 0 Å². The van der Waals surface area contributed by atoms with Crippen molar-refractivity contribution < 1.29 is 9.53 Å². The molecule has 0 saturated heterocycles. The SMILES string of the molecule is COCc1cc(C)n(CC(=O)Nc2ccc(Cl)c(Cl)c2)c(=O)c1C#N. The van der Waals surface area contributed by atoms with Crippen LogP contribution < -0.4 is 10.9 Å². The van der Waals surface area contributed by atoms with Crippen molar-refractivity contribution in [2.24, 2.45) is 0 Å². The normalized spacial score (nSPS) is 10.4. The van der Waals surface area contributed by atoms with Gasteiger partial charge in [-0.25, -0.2) is 0 Å². The number of aryl methyl sites for hydroxylation is 1. The van der Waals surface area contributed by atoms with Crippen molar-refractivity contribution in [1.29, 1.82) is 5.26 Å². The molecule has 1 aromatic carbocycles. The molecule has 2 aromatic rings. The van der Waals surface area contributed by atoms with Gasteiger partial charge in [-0.1, -0.05) is 23.2 Å². The summed E-state index contributed by atoms with van der Waals surface area (Å²) in [6, 6.07) is 8.21. The van der Waals surface area contributed by atoms with Crippen molar-refractivity contribution in [2.75, 3.05) is 12.4 Å². The minimum Gasteiger partial charge on any atom is -0.380 e. The third-order valence-corrected chi connectivity index (χ3v) is 4.24. The lowest BCUT2D eigenvalue weighted by Crippen LogP contribution is -2.31. The zero-order valence-corrected chi connectivity index (χ0v) is 15.1.